The lowest BCUT2D eigenvalue weighted by molar-refractivity contribution is -0.102. The van der Waals surface area contributed by atoms with Crippen molar-refractivity contribution < 1.29 is 14.3 Å². The number of anilines is 1. The summed E-state index contributed by atoms with van der Waals surface area (Å²) in [7, 11) is 1.22. The van der Waals surface area contributed by atoms with E-state index in [1.165, 1.54) is 19.2 Å². The Labute approximate surface area is 100 Å². The van der Waals surface area contributed by atoms with Crippen LogP contribution in [0.5, 0.6) is 0 Å². The number of halogens is 1. The summed E-state index contributed by atoms with van der Waals surface area (Å²) in [6, 6.07) is 2.97. The van der Waals surface area contributed by atoms with Gasteiger partial charge in [-0.2, -0.15) is 0 Å². The van der Waals surface area contributed by atoms with Gasteiger partial charge in [-0.3, -0.25) is 10.2 Å². The molecule has 1 aromatic rings. The third-order valence-electron chi connectivity index (χ3n) is 1.93. The van der Waals surface area contributed by atoms with Crippen molar-refractivity contribution in [2.24, 2.45) is 0 Å². The minimum absolute atomic E-state index is 0.0880. The van der Waals surface area contributed by atoms with Crippen molar-refractivity contribution in [1.29, 1.82) is 5.41 Å². The highest BCUT2D eigenvalue weighted by atomic mass is 79.9. The van der Waals surface area contributed by atoms with Crippen molar-refractivity contribution in [3.05, 3.63) is 27.7 Å². The van der Waals surface area contributed by atoms with Gasteiger partial charge in [0, 0.05) is 15.7 Å². The number of rotatable bonds is 3. The maximum absolute atomic E-state index is 11.4. The predicted octanol–water partition coefficient (Wildman–Crippen LogP) is 1.38. The number of aldehydes is 1. The number of nitrogens with one attached hydrogen (secondary N) is 1. The molecule has 84 valence electrons. The third-order valence-corrected chi connectivity index (χ3v) is 2.38. The van der Waals surface area contributed by atoms with Crippen molar-refractivity contribution in [2.75, 3.05) is 12.8 Å². The topological polar surface area (TPSA) is 93.2 Å². The van der Waals surface area contributed by atoms with E-state index in [0.717, 1.165) is 0 Å². The second-order valence-corrected chi connectivity index (χ2v) is 3.86. The van der Waals surface area contributed by atoms with Crippen LogP contribution in [0.2, 0.25) is 0 Å². The summed E-state index contributed by atoms with van der Waals surface area (Å²) >= 11 is 3.17. The molecule has 0 aliphatic heterocycles. The van der Waals surface area contributed by atoms with E-state index < -0.39 is 5.97 Å². The lowest BCUT2D eigenvalue weighted by Crippen LogP contribution is -2.14. The monoisotopic (exact) mass is 284 g/mol. The molecular weight excluding hydrogens is 276 g/mol. The minimum atomic E-state index is -0.644. The van der Waals surface area contributed by atoms with Gasteiger partial charge in [0.2, 0.25) is 0 Å². The van der Waals surface area contributed by atoms with Crippen LogP contribution in [0.1, 0.15) is 15.9 Å². The molecular formula is C10H9BrN2O3. The quantitative estimate of drug-likeness (QED) is 0.380. The molecule has 1 rings (SSSR count). The Balaban J connectivity index is 3.49. The molecule has 0 amide bonds. The molecule has 6 heteroatoms. The normalized spacial score (nSPS) is 9.62. The van der Waals surface area contributed by atoms with Crippen LogP contribution in [0, 0.1) is 5.41 Å². The first-order valence-electron chi connectivity index (χ1n) is 4.22. The molecule has 0 fully saturated rings. The second-order valence-electron chi connectivity index (χ2n) is 2.94. The van der Waals surface area contributed by atoms with Gasteiger partial charge >= 0.3 is 5.97 Å². The Bertz CT molecular complexity index is 471. The maximum atomic E-state index is 11.4. The highest BCUT2D eigenvalue weighted by Gasteiger charge is 2.18. The zero-order valence-corrected chi connectivity index (χ0v) is 10.00. The van der Waals surface area contributed by atoms with Gasteiger partial charge in [-0.25, -0.2) is 4.79 Å². The number of ether oxygens (including phenoxy) is 1. The average molecular weight is 285 g/mol. The summed E-state index contributed by atoms with van der Waals surface area (Å²) in [6.07, 6.45) is 0.325. The van der Waals surface area contributed by atoms with E-state index in [1.807, 2.05) is 0 Å². The number of hydrogen-bond donors (Lipinski definition) is 2. The van der Waals surface area contributed by atoms with Crippen molar-refractivity contribution in [3.63, 3.8) is 0 Å². The largest absolute Gasteiger partial charge is 0.465 e. The molecule has 0 radical (unpaired) electrons. The summed E-state index contributed by atoms with van der Waals surface area (Å²) in [5.41, 5.74) is 5.65. The van der Waals surface area contributed by atoms with Crippen LogP contribution in [0.3, 0.4) is 0 Å². The van der Waals surface area contributed by atoms with E-state index in [-0.39, 0.29) is 22.5 Å². The van der Waals surface area contributed by atoms with Gasteiger partial charge in [-0.15, -0.1) is 0 Å². The van der Waals surface area contributed by atoms with Crippen LogP contribution >= 0.6 is 15.9 Å². The Kier molecular flexibility index (Phi) is 3.78. The molecule has 5 nitrogen and oxygen atoms in total. The highest BCUT2D eigenvalue weighted by molar-refractivity contribution is 9.10. The molecule has 0 aromatic heterocycles. The summed E-state index contributed by atoms with van der Waals surface area (Å²) < 4.78 is 5.13. The first-order chi connectivity index (χ1) is 7.51. The fourth-order valence-electron chi connectivity index (χ4n) is 1.26. The molecule has 0 unspecified atom stereocenters. The molecule has 3 N–H and O–H groups in total. The SMILES string of the molecule is COC(=O)c1cc(Br)cc(N)c1C(=N)C=O. The number of nitrogens with two attached hydrogens (primary N) is 1. The molecule has 0 bridgehead atoms. The molecule has 0 aliphatic carbocycles. The van der Waals surface area contributed by atoms with Gasteiger partial charge in [0.15, 0.2) is 6.29 Å². The van der Waals surface area contributed by atoms with E-state index in [2.05, 4.69) is 20.7 Å². The van der Waals surface area contributed by atoms with Gasteiger partial charge < -0.3 is 10.5 Å². The third kappa shape index (κ3) is 2.27. The van der Waals surface area contributed by atoms with E-state index in [0.29, 0.717) is 10.8 Å². The maximum Gasteiger partial charge on any atom is 0.338 e. The van der Waals surface area contributed by atoms with E-state index in [4.69, 9.17) is 11.1 Å². The zero-order chi connectivity index (χ0) is 12.3. The van der Waals surface area contributed by atoms with E-state index >= 15 is 0 Å². The van der Waals surface area contributed by atoms with Crippen LogP contribution in [0.25, 0.3) is 0 Å². The molecule has 0 atom stereocenters. The van der Waals surface area contributed by atoms with Crippen LogP contribution < -0.4 is 5.73 Å². The second kappa shape index (κ2) is 4.89. The number of esters is 1. The summed E-state index contributed by atoms with van der Waals surface area (Å²) in [6.45, 7) is 0. The van der Waals surface area contributed by atoms with Crippen molar-refractivity contribution in [2.45, 2.75) is 0 Å². The van der Waals surface area contributed by atoms with Gasteiger partial charge in [-0.05, 0) is 12.1 Å². The first kappa shape index (κ1) is 12.4. The van der Waals surface area contributed by atoms with Crippen LogP contribution in [0.15, 0.2) is 16.6 Å². The summed E-state index contributed by atoms with van der Waals surface area (Å²) in [5.74, 6) is -0.644. The smallest absolute Gasteiger partial charge is 0.338 e. The van der Waals surface area contributed by atoms with Gasteiger partial charge in [0.1, 0.15) is 5.71 Å². The summed E-state index contributed by atoms with van der Waals surface area (Å²) in [4.78, 5) is 22.0. The van der Waals surface area contributed by atoms with Crippen LogP contribution in [-0.4, -0.2) is 25.1 Å². The van der Waals surface area contributed by atoms with Crippen molar-refractivity contribution in [3.8, 4) is 0 Å². The fraction of sp³-hybridized carbons (Fsp3) is 0.100. The lowest BCUT2D eigenvalue weighted by Gasteiger charge is -2.09. The molecule has 0 aliphatic rings. The predicted molar refractivity (Wildman–Crippen MR) is 62.8 cm³/mol. The fourth-order valence-corrected chi connectivity index (χ4v) is 1.73. The van der Waals surface area contributed by atoms with Gasteiger partial charge in [-0.1, -0.05) is 15.9 Å². The standard InChI is InChI=1S/C10H9BrN2O3/c1-16-10(15)6-2-5(11)3-7(12)9(6)8(13)4-14/h2-4,13H,12H2,1H3. The van der Waals surface area contributed by atoms with Crippen molar-refractivity contribution >= 4 is 39.6 Å². The number of benzene rings is 1. The number of nitrogen functional groups attached to an aromatic ring is 1. The van der Waals surface area contributed by atoms with E-state index in [1.54, 1.807) is 0 Å². The zero-order valence-electron chi connectivity index (χ0n) is 8.41. The Hall–Kier alpha value is -1.69. The Morgan fingerprint density at radius 3 is 2.69 bits per heavy atom. The minimum Gasteiger partial charge on any atom is -0.465 e. The van der Waals surface area contributed by atoms with E-state index in [9.17, 15) is 9.59 Å². The van der Waals surface area contributed by atoms with Crippen LogP contribution in [0.4, 0.5) is 5.69 Å². The Morgan fingerprint density at radius 2 is 2.19 bits per heavy atom. The van der Waals surface area contributed by atoms with Gasteiger partial charge in [0.25, 0.3) is 0 Å². The summed E-state index contributed by atoms with van der Waals surface area (Å²) in [5, 5.41) is 7.43. The number of methoxy groups -OCH3 is 1. The number of hydrogen-bond acceptors (Lipinski definition) is 5. The number of carbonyl (C=O) groups is 2. The highest BCUT2D eigenvalue weighted by Crippen LogP contribution is 2.24. The Morgan fingerprint density at radius 1 is 1.56 bits per heavy atom. The molecule has 0 saturated heterocycles. The molecule has 16 heavy (non-hydrogen) atoms. The molecule has 0 heterocycles. The lowest BCUT2D eigenvalue weighted by atomic mass is 10.0. The molecule has 0 spiro atoms. The van der Waals surface area contributed by atoms with Gasteiger partial charge in [0.05, 0.1) is 12.7 Å². The molecule has 0 saturated carbocycles. The average Bonchev–Trinajstić information content (AvgIpc) is 2.26. The molecule has 1 aromatic carbocycles. The van der Waals surface area contributed by atoms with Crippen molar-refractivity contribution in [1.82, 2.24) is 0 Å². The first-order valence-corrected chi connectivity index (χ1v) is 5.02. The number of carbonyl (C=O) groups excluding carboxylic acids is 2. The van der Waals surface area contributed by atoms with Crippen LogP contribution in [-0.2, 0) is 9.53 Å².